The fourth-order valence-corrected chi connectivity index (χ4v) is 3.93. The number of hydrogen-bond acceptors (Lipinski definition) is 0. The van der Waals surface area contributed by atoms with Crippen molar-refractivity contribution in [1.82, 2.24) is 0 Å². The summed E-state index contributed by atoms with van der Waals surface area (Å²) in [7, 11) is 0. The topological polar surface area (TPSA) is 0 Å². The van der Waals surface area contributed by atoms with Crippen LogP contribution in [0, 0.1) is 6.92 Å². The van der Waals surface area contributed by atoms with Gasteiger partial charge in [-0.25, -0.2) is 0 Å². The van der Waals surface area contributed by atoms with E-state index in [0.29, 0.717) is 5.56 Å². The predicted octanol–water partition coefficient (Wildman–Crippen LogP) is 7.02. The van der Waals surface area contributed by atoms with Crippen LogP contribution in [0.3, 0.4) is 0 Å². The van der Waals surface area contributed by atoms with Gasteiger partial charge >= 0.3 is 6.18 Å². The molecule has 0 spiro atoms. The number of hydrogen-bond donors (Lipinski definition) is 0. The van der Waals surface area contributed by atoms with Gasteiger partial charge in [-0.1, -0.05) is 66.0 Å². The fraction of sp³-hybridized carbons (Fsp3) is 0.200. The molecule has 0 nitrogen and oxygen atoms in total. The Kier molecular flexibility index (Phi) is 5.21. The third-order valence-corrected chi connectivity index (χ3v) is 5.62. The second-order valence-corrected chi connectivity index (χ2v) is 7.23. The second-order valence-electron chi connectivity index (χ2n) is 4.61. The highest BCUT2D eigenvalue weighted by molar-refractivity contribution is 9.11. The Labute approximate surface area is 146 Å². The molecule has 0 N–H and O–H groups in total. The molecule has 0 bridgehead atoms. The molecule has 0 aliphatic carbocycles. The minimum atomic E-state index is -4.34. The highest BCUT2D eigenvalue weighted by Gasteiger charge is 2.31. The summed E-state index contributed by atoms with van der Waals surface area (Å²) in [5, 5.41) is 0. The first-order chi connectivity index (χ1) is 9.70. The van der Waals surface area contributed by atoms with Crippen LogP contribution >= 0.6 is 47.8 Å². The molecule has 0 aliphatic heterocycles. The maximum Gasteiger partial charge on any atom is 0.416 e. The minimum absolute atomic E-state index is 0.328. The van der Waals surface area contributed by atoms with Crippen molar-refractivity contribution in [2.75, 3.05) is 0 Å². The first kappa shape index (κ1) is 17.0. The van der Waals surface area contributed by atoms with Crippen LogP contribution in [0.2, 0.25) is 0 Å². The monoisotopic (exact) mass is 484 g/mol. The van der Waals surface area contributed by atoms with Gasteiger partial charge in [0.05, 0.1) is 10.4 Å². The zero-order chi connectivity index (χ0) is 15.8. The molecule has 1 atom stereocenters. The van der Waals surface area contributed by atoms with Gasteiger partial charge in [0, 0.05) is 8.95 Å². The van der Waals surface area contributed by atoms with Crippen LogP contribution < -0.4 is 0 Å². The molecule has 0 radical (unpaired) electrons. The molecule has 112 valence electrons. The molecule has 1 unspecified atom stereocenters. The molecule has 0 saturated carbocycles. The molecule has 2 aromatic carbocycles. The largest absolute Gasteiger partial charge is 0.416 e. The summed E-state index contributed by atoms with van der Waals surface area (Å²) < 4.78 is 40.2. The third kappa shape index (κ3) is 3.90. The van der Waals surface area contributed by atoms with Crippen LogP contribution in [0.1, 0.15) is 27.1 Å². The van der Waals surface area contributed by atoms with Crippen LogP contribution in [0.25, 0.3) is 0 Å². The lowest BCUT2D eigenvalue weighted by atomic mass is 10.0. The van der Waals surface area contributed by atoms with Crippen LogP contribution in [0.5, 0.6) is 0 Å². The van der Waals surface area contributed by atoms with E-state index in [0.717, 1.165) is 26.1 Å². The van der Waals surface area contributed by atoms with Gasteiger partial charge in [0.15, 0.2) is 0 Å². The van der Waals surface area contributed by atoms with Gasteiger partial charge in [0.2, 0.25) is 0 Å². The summed E-state index contributed by atoms with van der Waals surface area (Å²) >= 11 is 10.4. The third-order valence-electron chi connectivity index (χ3n) is 3.06. The van der Waals surface area contributed by atoms with Gasteiger partial charge in [-0.3, -0.25) is 0 Å². The van der Waals surface area contributed by atoms with E-state index < -0.39 is 11.7 Å². The Hall–Kier alpha value is -0.330. The zero-order valence-corrected chi connectivity index (χ0v) is 15.6. The molecule has 21 heavy (non-hydrogen) atoms. The summed E-state index contributed by atoms with van der Waals surface area (Å²) in [5.41, 5.74) is 1.83. The lowest BCUT2D eigenvalue weighted by Crippen LogP contribution is -2.06. The Morgan fingerprint density at radius 1 is 1.00 bits per heavy atom. The van der Waals surface area contributed by atoms with Crippen molar-refractivity contribution < 1.29 is 13.2 Å². The van der Waals surface area contributed by atoms with Crippen molar-refractivity contribution >= 4 is 47.8 Å². The molecular formula is C15H10Br3F3. The van der Waals surface area contributed by atoms with E-state index in [1.54, 1.807) is 6.07 Å². The molecule has 0 saturated heterocycles. The minimum Gasteiger partial charge on any atom is -0.166 e. The molecule has 0 amide bonds. The summed E-state index contributed by atoms with van der Waals surface area (Å²) in [6.45, 7) is 1.95. The van der Waals surface area contributed by atoms with E-state index >= 15 is 0 Å². The quantitative estimate of drug-likeness (QED) is 0.400. The predicted molar refractivity (Wildman–Crippen MR) is 88.8 cm³/mol. The van der Waals surface area contributed by atoms with Gasteiger partial charge in [0.25, 0.3) is 0 Å². The van der Waals surface area contributed by atoms with Crippen LogP contribution in [-0.4, -0.2) is 0 Å². The van der Waals surface area contributed by atoms with Crippen molar-refractivity contribution in [3.63, 3.8) is 0 Å². The summed E-state index contributed by atoms with van der Waals surface area (Å²) in [6.07, 6.45) is -4.34. The number of alkyl halides is 4. The maximum absolute atomic E-state index is 12.8. The molecule has 2 rings (SSSR count). The van der Waals surface area contributed by atoms with Gasteiger partial charge in [-0.2, -0.15) is 13.2 Å². The molecule has 0 aliphatic rings. The standard InChI is InChI=1S/C15H10Br3F3/c1-8-5-13(17)11(7-12(8)16)14(18)9-3-2-4-10(6-9)15(19,20)21/h2-7,14H,1H3. The highest BCUT2D eigenvalue weighted by atomic mass is 79.9. The Morgan fingerprint density at radius 3 is 2.29 bits per heavy atom. The lowest BCUT2D eigenvalue weighted by molar-refractivity contribution is -0.137. The normalized spacial score (nSPS) is 13.3. The van der Waals surface area contributed by atoms with Crippen LogP contribution in [-0.2, 0) is 6.18 Å². The van der Waals surface area contributed by atoms with Crippen molar-refractivity contribution in [1.29, 1.82) is 0 Å². The van der Waals surface area contributed by atoms with E-state index in [1.807, 2.05) is 19.1 Å². The van der Waals surface area contributed by atoms with Crippen molar-refractivity contribution in [3.05, 3.63) is 67.6 Å². The van der Waals surface area contributed by atoms with E-state index in [4.69, 9.17) is 0 Å². The average molecular weight is 487 g/mol. The second kappa shape index (κ2) is 6.42. The zero-order valence-electron chi connectivity index (χ0n) is 10.8. The number of rotatable bonds is 2. The first-order valence-electron chi connectivity index (χ1n) is 5.97. The Balaban J connectivity index is 2.45. The van der Waals surface area contributed by atoms with Gasteiger partial charge in [-0.15, -0.1) is 0 Å². The molecule has 6 heteroatoms. The van der Waals surface area contributed by atoms with E-state index in [9.17, 15) is 13.2 Å². The number of aryl methyl sites for hydroxylation is 1. The Bertz CT molecular complexity index is 666. The molecule has 2 aromatic rings. The summed E-state index contributed by atoms with van der Waals surface area (Å²) in [4.78, 5) is -0.328. The van der Waals surface area contributed by atoms with Crippen molar-refractivity contribution in [3.8, 4) is 0 Å². The van der Waals surface area contributed by atoms with E-state index in [2.05, 4.69) is 47.8 Å². The van der Waals surface area contributed by atoms with E-state index in [-0.39, 0.29) is 4.83 Å². The fourth-order valence-electron chi connectivity index (χ4n) is 1.91. The van der Waals surface area contributed by atoms with Crippen molar-refractivity contribution in [2.24, 2.45) is 0 Å². The van der Waals surface area contributed by atoms with E-state index in [1.165, 1.54) is 12.1 Å². The number of halogens is 6. The van der Waals surface area contributed by atoms with Crippen LogP contribution in [0.4, 0.5) is 13.2 Å². The molecular weight excluding hydrogens is 477 g/mol. The summed E-state index contributed by atoms with van der Waals surface area (Å²) in [6, 6.07) is 9.17. The maximum atomic E-state index is 12.8. The smallest absolute Gasteiger partial charge is 0.166 e. The number of benzene rings is 2. The highest BCUT2D eigenvalue weighted by Crippen LogP contribution is 2.39. The first-order valence-corrected chi connectivity index (χ1v) is 8.47. The summed E-state index contributed by atoms with van der Waals surface area (Å²) in [5.74, 6) is 0. The van der Waals surface area contributed by atoms with Crippen LogP contribution in [0.15, 0.2) is 45.3 Å². The van der Waals surface area contributed by atoms with Gasteiger partial charge in [0.1, 0.15) is 0 Å². The molecule has 0 fully saturated rings. The van der Waals surface area contributed by atoms with Gasteiger partial charge < -0.3 is 0 Å². The average Bonchev–Trinajstić information content (AvgIpc) is 2.41. The molecule has 0 heterocycles. The van der Waals surface area contributed by atoms with Gasteiger partial charge in [-0.05, 0) is 41.8 Å². The lowest BCUT2D eigenvalue weighted by Gasteiger charge is -2.16. The Morgan fingerprint density at radius 2 is 1.67 bits per heavy atom. The molecule has 0 aromatic heterocycles. The van der Waals surface area contributed by atoms with Crippen molar-refractivity contribution in [2.45, 2.75) is 17.9 Å². The SMILES string of the molecule is Cc1cc(Br)c(C(Br)c2cccc(C(F)(F)F)c2)cc1Br.